The highest BCUT2D eigenvalue weighted by atomic mass is 35.5. The fraction of sp³-hybridized carbons (Fsp3) is 0.0714. The Bertz CT molecular complexity index is 824. The van der Waals surface area contributed by atoms with Crippen LogP contribution >= 0.6 is 35.4 Å². The molecule has 0 radical (unpaired) electrons. The summed E-state index contributed by atoms with van der Waals surface area (Å²) in [7, 11) is -3.69. The topological polar surface area (TPSA) is 84.2 Å². The molecule has 122 valence electrons. The maximum Gasteiger partial charge on any atom is 0.238 e. The first kappa shape index (κ1) is 18.0. The van der Waals surface area contributed by atoms with E-state index < -0.39 is 10.0 Å². The second kappa shape index (κ2) is 7.46. The normalized spacial score (nSPS) is 11.1. The van der Waals surface area contributed by atoms with Gasteiger partial charge in [-0.1, -0.05) is 41.4 Å². The van der Waals surface area contributed by atoms with E-state index in [1.165, 1.54) is 12.1 Å². The molecule has 2 aromatic carbocycles. The van der Waals surface area contributed by atoms with Gasteiger partial charge in [-0.3, -0.25) is 0 Å². The van der Waals surface area contributed by atoms with Crippen LogP contribution in [0.3, 0.4) is 0 Å². The van der Waals surface area contributed by atoms with Gasteiger partial charge in [0.25, 0.3) is 0 Å². The minimum Gasteiger partial charge on any atom is -0.358 e. The molecule has 0 atom stereocenters. The van der Waals surface area contributed by atoms with Crippen LogP contribution in [0.1, 0.15) is 5.56 Å². The first-order valence-electron chi connectivity index (χ1n) is 6.38. The van der Waals surface area contributed by atoms with E-state index in [-0.39, 0.29) is 4.90 Å². The first-order valence-corrected chi connectivity index (χ1v) is 9.09. The Balaban J connectivity index is 1.95. The fourth-order valence-corrected chi connectivity index (χ4v) is 2.79. The average Bonchev–Trinajstić information content (AvgIpc) is 2.49. The van der Waals surface area contributed by atoms with Crippen LogP contribution in [0, 0.1) is 0 Å². The van der Waals surface area contributed by atoms with Gasteiger partial charge in [-0.25, -0.2) is 13.6 Å². The second-order valence-electron chi connectivity index (χ2n) is 4.60. The fourth-order valence-electron chi connectivity index (χ4n) is 1.75. The summed E-state index contributed by atoms with van der Waals surface area (Å²) < 4.78 is 22.4. The van der Waals surface area contributed by atoms with Crippen LogP contribution < -0.4 is 15.8 Å². The van der Waals surface area contributed by atoms with E-state index in [4.69, 9.17) is 40.6 Å². The highest BCUT2D eigenvalue weighted by Crippen LogP contribution is 2.29. The van der Waals surface area contributed by atoms with Crippen molar-refractivity contribution in [1.29, 1.82) is 0 Å². The van der Waals surface area contributed by atoms with E-state index in [2.05, 4.69) is 10.6 Å². The molecule has 0 spiro atoms. The van der Waals surface area contributed by atoms with Gasteiger partial charge in [0.2, 0.25) is 10.0 Å². The predicted molar refractivity (Wildman–Crippen MR) is 97.3 cm³/mol. The number of hydrogen-bond acceptors (Lipinski definition) is 3. The Hall–Kier alpha value is -1.38. The van der Waals surface area contributed by atoms with Gasteiger partial charge >= 0.3 is 0 Å². The molecule has 0 aliphatic heterocycles. The lowest BCUT2D eigenvalue weighted by Gasteiger charge is -2.12. The van der Waals surface area contributed by atoms with Crippen molar-refractivity contribution in [2.45, 2.75) is 11.4 Å². The van der Waals surface area contributed by atoms with Crippen molar-refractivity contribution < 1.29 is 8.42 Å². The maximum absolute atomic E-state index is 11.2. The number of sulfonamides is 1. The molecule has 0 aromatic heterocycles. The molecule has 0 saturated carbocycles. The third-order valence-corrected chi connectivity index (χ3v) is 4.90. The van der Waals surface area contributed by atoms with Gasteiger partial charge in [-0.2, -0.15) is 0 Å². The van der Waals surface area contributed by atoms with Gasteiger partial charge in [0.05, 0.1) is 20.6 Å². The zero-order valence-corrected chi connectivity index (χ0v) is 14.9. The lowest BCUT2D eigenvalue weighted by atomic mass is 10.2. The molecule has 2 aromatic rings. The molecule has 0 fully saturated rings. The van der Waals surface area contributed by atoms with E-state index in [1.54, 1.807) is 30.3 Å². The minimum absolute atomic E-state index is 0.0626. The predicted octanol–water partition coefficient (Wildman–Crippen LogP) is 3.13. The molecular formula is C14H13Cl2N3O2S2. The number of rotatable bonds is 4. The molecule has 5 nitrogen and oxygen atoms in total. The van der Waals surface area contributed by atoms with Crippen molar-refractivity contribution in [2.75, 3.05) is 5.32 Å². The highest BCUT2D eigenvalue weighted by molar-refractivity contribution is 7.89. The summed E-state index contributed by atoms with van der Waals surface area (Å²) in [6.45, 7) is 0.412. The highest BCUT2D eigenvalue weighted by Gasteiger charge is 2.08. The van der Waals surface area contributed by atoms with Crippen molar-refractivity contribution in [2.24, 2.45) is 5.14 Å². The summed E-state index contributed by atoms with van der Waals surface area (Å²) in [4.78, 5) is 0.0626. The van der Waals surface area contributed by atoms with Crippen molar-refractivity contribution in [3.63, 3.8) is 0 Å². The molecule has 0 unspecified atom stereocenters. The smallest absolute Gasteiger partial charge is 0.238 e. The molecule has 0 bridgehead atoms. The molecule has 0 aliphatic carbocycles. The van der Waals surface area contributed by atoms with Crippen LogP contribution in [-0.4, -0.2) is 13.5 Å². The van der Waals surface area contributed by atoms with Crippen LogP contribution in [0.2, 0.25) is 10.0 Å². The van der Waals surface area contributed by atoms with Gasteiger partial charge in [-0.15, -0.1) is 0 Å². The third kappa shape index (κ3) is 5.05. The number of nitrogens with two attached hydrogens (primary N) is 1. The van der Waals surface area contributed by atoms with Gasteiger partial charge in [0.1, 0.15) is 0 Å². The molecule has 4 N–H and O–H groups in total. The van der Waals surface area contributed by atoms with Crippen molar-refractivity contribution in [3.05, 3.63) is 58.1 Å². The molecular weight excluding hydrogens is 377 g/mol. The van der Waals surface area contributed by atoms with E-state index in [9.17, 15) is 8.42 Å². The number of halogens is 2. The quantitative estimate of drug-likeness (QED) is 0.699. The van der Waals surface area contributed by atoms with Crippen LogP contribution in [0.4, 0.5) is 5.69 Å². The lowest BCUT2D eigenvalue weighted by Crippen LogP contribution is -2.28. The zero-order valence-electron chi connectivity index (χ0n) is 11.7. The third-order valence-electron chi connectivity index (χ3n) is 2.90. The number of nitrogens with one attached hydrogen (secondary N) is 2. The average molecular weight is 390 g/mol. The number of hydrogen-bond donors (Lipinski definition) is 3. The Morgan fingerprint density at radius 3 is 2.39 bits per heavy atom. The Morgan fingerprint density at radius 1 is 1.13 bits per heavy atom. The largest absolute Gasteiger partial charge is 0.358 e. The standard InChI is InChI=1S/C14H13Cl2N3O2S2/c15-11-2-1-3-12(13(11)16)19-14(22)18-8-9-4-6-10(7-5-9)23(17,20)21/h1-7H,8H2,(H2,17,20,21)(H2,18,19,22). The summed E-state index contributed by atoms with van der Waals surface area (Å²) in [6, 6.07) is 11.4. The summed E-state index contributed by atoms with van der Waals surface area (Å²) >= 11 is 17.2. The number of primary sulfonamides is 1. The monoisotopic (exact) mass is 389 g/mol. The van der Waals surface area contributed by atoms with E-state index in [0.29, 0.717) is 27.4 Å². The number of thiocarbonyl (C=S) groups is 1. The number of benzene rings is 2. The Morgan fingerprint density at radius 2 is 1.78 bits per heavy atom. The van der Waals surface area contributed by atoms with Crippen LogP contribution in [-0.2, 0) is 16.6 Å². The molecule has 0 heterocycles. The lowest BCUT2D eigenvalue weighted by molar-refractivity contribution is 0.597. The summed E-state index contributed by atoms with van der Waals surface area (Å²) in [5, 5.41) is 12.2. The SMILES string of the molecule is NS(=O)(=O)c1ccc(CNC(=S)Nc2cccc(Cl)c2Cl)cc1. The summed E-state index contributed by atoms with van der Waals surface area (Å²) in [5.41, 5.74) is 1.44. The molecule has 23 heavy (non-hydrogen) atoms. The van der Waals surface area contributed by atoms with Gasteiger partial charge < -0.3 is 10.6 Å². The molecule has 2 rings (SSSR count). The molecule has 0 amide bonds. The summed E-state index contributed by atoms with van der Waals surface area (Å²) in [6.07, 6.45) is 0. The van der Waals surface area contributed by atoms with Crippen LogP contribution in [0.25, 0.3) is 0 Å². The minimum atomic E-state index is -3.69. The van der Waals surface area contributed by atoms with Gasteiger partial charge in [-0.05, 0) is 42.0 Å². The van der Waals surface area contributed by atoms with Gasteiger partial charge in [0, 0.05) is 6.54 Å². The molecule has 9 heteroatoms. The molecule has 0 aliphatic rings. The second-order valence-corrected chi connectivity index (χ2v) is 7.35. The van der Waals surface area contributed by atoms with Crippen molar-refractivity contribution >= 4 is 56.2 Å². The van der Waals surface area contributed by atoms with Crippen LogP contribution in [0.5, 0.6) is 0 Å². The zero-order chi connectivity index (χ0) is 17.0. The Kier molecular flexibility index (Phi) is 5.83. The van der Waals surface area contributed by atoms with E-state index in [1.807, 2.05) is 0 Å². The van der Waals surface area contributed by atoms with Gasteiger partial charge in [0.15, 0.2) is 5.11 Å². The molecule has 0 saturated heterocycles. The number of anilines is 1. The van der Waals surface area contributed by atoms with Crippen LogP contribution in [0.15, 0.2) is 47.4 Å². The Labute approximate surface area is 149 Å². The maximum atomic E-state index is 11.2. The van der Waals surface area contributed by atoms with Crippen molar-refractivity contribution in [3.8, 4) is 0 Å². The first-order chi connectivity index (χ1) is 10.8. The van der Waals surface area contributed by atoms with E-state index in [0.717, 1.165) is 5.56 Å². The summed E-state index contributed by atoms with van der Waals surface area (Å²) in [5.74, 6) is 0. The van der Waals surface area contributed by atoms with Crippen molar-refractivity contribution in [1.82, 2.24) is 5.32 Å². The van der Waals surface area contributed by atoms with E-state index >= 15 is 0 Å².